The highest BCUT2D eigenvalue weighted by Gasteiger charge is 2.23. The molecule has 2 aromatic carbocycles. The zero-order valence-corrected chi connectivity index (χ0v) is 12.8. The molecule has 0 aliphatic carbocycles. The van der Waals surface area contributed by atoms with Crippen molar-refractivity contribution in [1.82, 2.24) is 5.16 Å². The van der Waals surface area contributed by atoms with Crippen LogP contribution in [0.2, 0.25) is 0 Å². The Hall–Kier alpha value is -3.08. The van der Waals surface area contributed by atoms with E-state index < -0.39 is 5.97 Å². The summed E-state index contributed by atoms with van der Waals surface area (Å²) in [6.07, 6.45) is 0. The van der Waals surface area contributed by atoms with Crippen LogP contribution in [0.4, 0.5) is 11.6 Å². The molecular weight excluding hydrogens is 292 g/mol. The summed E-state index contributed by atoms with van der Waals surface area (Å²) in [5.74, 6) is -0.962. The molecule has 5 nitrogen and oxygen atoms in total. The van der Waals surface area contributed by atoms with Crippen molar-refractivity contribution in [3.05, 3.63) is 65.2 Å². The summed E-state index contributed by atoms with van der Waals surface area (Å²) < 4.78 is 5.24. The molecule has 0 unspecified atom stereocenters. The maximum atomic E-state index is 11.7. The first-order valence-electron chi connectivity index (χ1n) is 7.18. The third-order valence-corrected chi connectivity index (χ3v) is 3.51. The maximum Gasteiger partial charge on any atom is 0.343 e. The number of carboxylic acid groups (broad SMARTS) is 1. The lowest BCUT2D eigenvalue weighted by atomic mass is 10.1. The number of rotatable bonds is 4. The fourth-order valence-corrected chi connectivity index (χ4v) is 2.34. The van der Waals surface area contributed by atoms with Crippen molar-refractivity contribution < 1.29 is 14.4 Å². The molecule has 116 valence electrons. The van der Waals surface area contributed by atoms with Crippen molar-refractivity contribution in [1.29, 1.82) is 0 Å². The van der Waals surface area contributed by atoms with E-state index in [1.165, 1.54) is 0 Å². The Balaban J connectivity index is 2.02. The molecule has 0 aliphatic rings. The van der Waals surface area contributed by atoms with Crippen LogP contribution in [0.15, 0.2) is 53.1 Å². The zero-order chi connectivity index (χ0) is 16.4. The van der Waals surface area contributed by atoms with E-state index in [2.05, 4.69) is 10.5 Å². The van der Waals surface area contributed by atoms with Gasteiger partial charge in [-0.25, -0.2) is 4.79 Å². The second-order valence-corrected chi connectivity index (χ2v) is 5.40. The van der Waals surface area contributed by atoms with Crippen molar-refractivity contribution in [3.63, 3.8) is 0 Å². The molecule has 0 bridgehead atoms. The van der Waals surface area contributed by atoms with Crippen LogP contribution in [-0.4, -0.2) is 16.2 Å². The highest BCUT2D eigenvalue weighted by molar-refractivity contribution is 6.00. The summed E-state index contributed by atoms with van der Waals surface area (Å²) in [6.45, 7) is 3.93. The van der Waals surface area contributed by atoms with Gasteiger partial charge in [0.1, 0.15) is 5.69 Å². The molecule has 0 radical (unpaired) electrons. The predicted molar refractivity (Wildman–Crippen MR) is 88.1 cm³/mol. The first-order valence-corrected chi connectivity index (χ1v) is 7.18. The minimum absolute atomic E-state index is 0.0235. The van der Waals surface area contributed by atoms with E-state index in [4.69, 9.17) is 4.52 Å². The number of aromatic nitrogens is 1. The van der Waals surface area contributed by atoms with E-state index in [0.717, 1.165) is 16.8 Å². The van der Waals surface area contributed by atoms with Crippen LogP contribution in [0, 0.1) is 13.8 Å². The van der Waals surface area contributed by atoms with Crippen molar-refractivity contribution >= 4 is 17.5 Å². The Morgan fingerprint density at radius 2 is 1.83 bits per heavy atom. The lowest BCUT2D eigenvalue weighted by Crippen LogP contribution is -2.02. The Morgan fingerprint density at radius 3 is 2.48 bits per heavy atom. The normalized spacial score (nSPS) is 10.5. The van der Waals surface area contributed by atoms with Gasteiger partial charge in [0.15, 0.2) is 5.56 Å². The van der Waals surface area contributed by atoms with E-state index in [9.17, 15) is 9.90 Å². The van der Waals surface area contributed by atoms with Crippen LogP contribution in [0.5, 0.6) is 0 Å². The maximum absolute atomic E-state index is 11.7. The number of benzene rings is 2. The van der Waals surface area contributed by atoms with E-state index in [-0.39, 0.29) is 11.4 Å². The van der Waals surface area contributed by atoms with Gasteiger partial charge in [0.25, 0.3) is 0 Å². The SMILES string of the molecule is Cc1ccc(-c2noc(Nc3cccc(C)c3)c2C(=O)O)cc1. The summed E-state index contributed by atoms with van der Waals surface area (Å²) in [6, 6.07) is 15.1. The largest absolute Gasteiger partial charge is 0.477 e. The molecule has 1 heterocycles. The summed E-state index contributed by atoms with van der Waals surface area (Å²) >= 11 is 0. The molecule has 23 heavy (non-hydrogen) atoms. The van der Waals surface area contributed by atoms with Gasteiger partial charge in [-0.15, -0.1) is 0 Å². The van der Waals surface area contributed by atoms with Crippen LogP contribution < -0.4 is 5.32 Å². The average Bonchev–Trinajstić information content (AvgIpc) is 2.92. The summed E-state index contributed by atoms with van der Waals surface area (Å²) in [7, 11) is 0. The van der Waals surface area contributed by atoms with Crippen molar-refractivity contribution in [2.75, 3.05) is 5.32 Å². The van der Waals surface area contributed by atoms with Gasteiger partial charge in [-0.05, 0) is 31.5 Å². The molecule has 5 heteroatoms. The average molecular weight is 308 g/mol. The van der Waals surface area contributed by atoms with Gasteiger partial charge in [-0.1, -0.05) is 47.1 Å². The quantitative estimate of drug-likeness (QED) is 0.747. The molecule has 0 spiro atoms. The van der Waals surface area contributed by atoms with E-state index in [1.54, 1.807) is 0 Å². The third-order valence-electron chi connectivity index (χ3n) is 3.51. The second kappa shape index (κ2) is 5.96. The topological polar surface area (TPSA) is 75.4 Å². The van der Waals surface area contributed by atoms with Crippen LogP contribution >= 0.6 is 0 Å². The molecule has 0 amide bonds. The van der Waals surface area contributed by atoms with Crippen LogP contribution in [0.3, 0.4) is 0 Å². The lowest BCUT2D eigenvalue weighted by Gasteiger charge is -2.04. The summed E-state index contributed by atoms with van der Waals surface area (Å²) in [4.78, 5) is 11.7. The molecule has 0 atom stereocenters. The molecule has 3 aromatic rings. The molecule has 0 aliphatic heterocycles. The van der Waals surface area contributed by atoms with Crippen LogP contribution in [-0.2, 0) is 0 Å². The fraction of sp³-hybridized carbons (Fsp3) is 0.111. The number of hydrogen-bond donors (Lipinski definition) is 2. The Morgan fingerprint density at radius 1 is 1.09 bits per heavy atom. The Bertz CT molecular complexity index is 851. The van der Waals surface area contributed by atoms with Gasteiger partial charge in [0, 0.05) is 11.3 Å². The molecular formula is C18H16N2O3. The number of nitrogens with zero attached hydrogens (tertiary/aromatic N) is 1. The highest BCUT2D eigenvalue weighted by Crippen LogP contribution is 2.31. The molecule has 0 fully saturated rings. The van der Waals surface area contributed by atoms with Gasteiger partial charge in [0.2, 0.25) is 5.88 Å². The smallest absolute Gasteiger partial charge is 0.343 e. The zero-order valence-electron chi connectivity index (χ0n) is 12.8. The van der Waals surface area contributed by atoms with E-state index >= 15 is 0 Å². The Kier molecular flexibility index (Phi) is 3.85. The highest BCUT2D eigenvalue weighted by atomic mass is 16.5. The Labute approximate surface area is 133 Å². The molecule has 2 N–H and O–H groups in total. The fourth-order valence-electron chi connectivity index (χ4n) is 2.34. The number of anilines is 2. The molecule has 0 saturated heterocycles. The minimum atomic E-state index is -1.09. The molecule has 3 rings (SSSR count). The number of carboxylic acids is 1. The first-order chi connectivity index (χ1) is 11.0. The van der Waals surface area contributed by atoms with Gasteiger partial charge in [-0.3, -0.25) is 0 Å². The van der Waals surface area contributed by atoms with Crippen molar-refractivity contribution in [2.45, 2.75) is 13.8 Å². The summed E-state index contributed by atoms with van der Waals surface area (Å²) in [5, 5.41) is 16.5. The molecule has 0 saturated carbocycles. The standard InChI is InChI=1S/C18H16N2O3/c1-11-6-8-13(9-7-11)16-15(18(21)22)17(23-20-16)19-14-5-3-4-12(2)10-14/h3-10,19H,1-2H3,(H,21,22). The number of nitrogens with one attached hydrogen (secondary N) is 1. The summed E-state index contributed by atoms with van der Waals surface area (Å²) in [5.41, 5.74) is 3.94. The van der Waals surface area contributed by atoms with Crippen molar-refractivity contribution in [3.8, 4) is 11.3 Å². The first kappa shape index (κ1) is 14.8. The van der Waals surface area contributed by atoms with Crippen molar-refractivity contribution in [2.24, 2.45) is 0 Å². The molecule has 1 aromatic heterocycles. The van der Waals surface area contributed by atoms with Crippen LogP contribution in [0.1, 0.15) is 21.5 Å². The van der Waals surface area contributed by atoms with E-state index in [1.807, 2.05) is 62.4 Å². The number of aromatic carboxylic acids is 1. The number of carbonyl (C=O) groups is 1. The monoisotopic (exact) mass is 308 g/mol. The van der Waals surface area contributed by atoms with Gasteiger partial charge >= 0.3 is 5.97 Å². The van der Waals surface area contributed by atoms with Crippen LogP contribution in [0.25, 0.3) is 11.3 Å². The van der Waals surface area contributed by atoms with Gasteiger partial charge in [0.05, 0.1) is 0 Å². The number of aryl methyl sites for hydroxylation is 2. The third kappa shape index (κ3) is 3.08. The minimum Gasteiger partial charge on any atom is -0.477 e. The predicted octanol–water partition coefficient (Wildman–Crippen LogP) is 4.40. The number of hydrogen-bond acceptors (Lipinski definition) is 4. The lowest BCUT2D eigenvalue weighted by molar-refractivity contribution is 0.0698. The van der Waals surface area contributed by atoms with Gasteiger partial charge < -0.3 is 14.9 Å². The second-order valence-electron chi connectivity index (χ2n) is 5.40. The van der Waals surface area contributed by atoms with Gasteiger partial charge in [-0.2, -0.15) is 0 Å². The van der Waals surface area contributed by atoms with E-state index in [0.29, 0.717) is 11.3 Å².